The number of halogens is 1. The average molecular weight is 574 g/mol. The molecule has 2 bridgehead atoms. The highest BCUT2D eigenvalue weighted by atomic mass is 35.5. The average Bonchev–Trinajstić information content (AvgIpc) is 3.44. The summed E-state index contributed by atoms with van der Waals surface area (Å²) in [5.41, 5.74) is 1.42. The zero-order valence-electron chi connectivity index (χ0n) is 23.5. The fraction of sp³-hybridized carbons (Fsp3) is 0.567. The van der Waals surface area contributed by atoms with E-state index in [-0.39, 0.29) is 36.8 Å². The number of rotatable bonds is 10. The minimum atomic E-state index is -0.862. The molecule has 1 N–H and O–H groups in total. The third-order valence-corrected chi connectivity index (χ3v) is 11.1. The molecule has 9 heteroatoms. The predicted octanol–water partition coefficient (Wildman–Crippen LogP) is 4.31. The summed E-state index contributed by atoms with van der Waals surface area (Å²) in [7, 11) is 1.73. The second-order valence-corrected chi connectivity index (χ2v) is 13.9. The van der Waals surface area contributed by atoms with Gasteiger partial charge in [0.25, 0.3) is 5.91 Å². The Kier molecular flexibility index (Phi) is 8.33. The number of nitrogens with zero attached hydrogens (tertiary/aromatic N) is 3. The molecule has 3 fully saturated rings. The van der Waals surface area contributed by atoms with Gasteiger partial charge in [0.05, 0.1) is 39.9 Å². The molecule has 0 saturated carbocycles. The molecule has 1 aromatic carbocycles. The molecule has 0 aliphatic carbocycles. The number of carbonyl (C=O) groups excluding carboxylic acids is 3. The van der Waals surface area contributed by atoms with E-state index in [4.69, 9.17) is 11.6 Å². The quantitative estimate of drug-likeness (QED) is 0.422. The van der Waals surface area contributed by atoms with Crippen molar-refractivity contribution >= 4 is 46.8 Å². The summed E-state index contributed by atoms with van der Waals surface area (Å²) in [6, 6.07) is 4.05. The number of amides is 3. The number of aliphatic hydroxyl groups excluding tert-OH is 1. The van der Waals surface area contributed by atoms with Crippen LogP contribution in [0.2, 0.25) is 5.02 Å². The first-order valence-electron chi connectivity index (χ1n) is 13.6. The van der Waals surface area contributed by atoms with Crippen molar-refractivity contribution in [2.24, 2.45) is 17.8 Å². The zero-order valence-corrected chi connectivity index (χ0v) is 25.1. The van der Waals surface area contributed by atoms with Crippen LogP contribution in [-0.4, -0.2) is 80.9 Å². The zero-order chi connectivity index (χ0) is 28.9. The lowest BCUT2D eigenvalue weighted by Gasteiger charge is -2.41. The van der Waals surface area contributed by atoms with Crippen molar-refractivity contribution in [3.05, 3.63) is 54.1 Å². The summed E-state index contributed by atoms with van der Waals surface area (Å²) in [5.74, 6) is -1.93. The first-order valence-corrected chi connectivity index (χ1v) is 14.8. The van der Waals surface area contributed by atoms with Crippen molar-refractivity contribution in [3.8, 4) is 0 Å². The summed E-state index contributed by atoms with van der Waals surface area (Å²) >= 11 is 8.27. The molecule has 4 rings (SSSR count). The van der Waals surface area contributed by atoms with Crippen molar-refractivity contribution in [1.82, 2.24) is 9.80 Å². The lowest BCUT2D eigenvalue weighted by molar-refractivity contribution is -0.146. The van der Waals surface area contributed by atoms with E-state index in [9.17, 15) is 19.5 Å². The number of aryl methyl sites for hydroxylation is 1. The Morgan fingerprint density at radius 1 is 1.23 bits per heavy atom. The molecule has 1 spiro atoms. The van der Waals surface area contributed by atoms with Gasteiger partial charge in [0.15, 0.2) is 0 Å². The molecule has 3 saturated heterocycles. The molecule has 0 radical (unpaired) electrons. The second-order valence-electron chi connectivity index (χ2n) is 11.6. The standard InChI is InChI=1S/C30H40ClN3O4S/c1-8-15-32(7)26(36)22-23-27(37)34(21(17-35)18(3)4)25(30(23)14-13-29(22,6)39-30)28(38)33(16-9-2)24-19(5)11-10-12-20(24)31/h8-12,18,21-23,25,35H,1-2,13-17H2,3-7H3/t21-,22-,23-,25?,29+,30?/m0/s1. The molecule has 3 heterocycles. The van der Waals surface area contributed by atoms with Crippen LogP contribution < -0.4 is 4.90 Å². The Morgan fingerprint density at radius 3 is 2.46 bits per heavy atom. The predicted molar refractivity (Wildman–Crippen MR) is 158 cm³/mol. The molecule has 7 nitrogen and oxygen atoms in total. The molecule has 1 aromatic rings. The summed E-state index contributed by atoms with van der Waals surface area (Å²) in [6.45, 7) is 15.8. The molecular formula is C30H40ClN3O4S. The molecule has 3 aliphatic rings. The van der Waals surface area contributed by atoms with Crippen LogP contribution in [0.1, 0.15) is 39.2 Å². The Balaban J connectivity index is 1.90. The summed E-state index contributed by atoms with van der Waals surface area (Å²) in [6.07, 6.45) is 4.67. The van der Waals surface area contributed by atoms with Crippen molar-refractivity contribution in [2.45, 2.75) is 62.1 Å². The highest BCUT2D eigenvalue weighted by molar-refractivity contribution is 8.02. The van der Waals surface area contributed by atoms with Crippen LogP contribution >= 0.6 is 23.4 Å². The Morgan fingerprint density at radius 2 is 1.90 bits per heavy atom. The van der Waals surface area contributed by atoms with Gasteiger partial charge < -0.3 is 19.8 Å². The number of fused-ring (bicyclic) bond motifs is 1. The van der Waals surface area contributed by atoms with Crippen LogP contribution in [-0.2, 0) is 14.4 Å². The monoisotopic (exact) mass is 573 g/mol. The SMILES string of the molecule is C=CCN(C)C(=O)[C@@H]1[C@H]2C(=O)N([C@@H](CO)C(C)C)C(C(=O)N(CC=C)c3c(C)cccc3Cl)C23CC[C@@]1(C)S3. The normalized spacial score (nSPS) is 29.9. The van der Waals surface area contributed by atoms with E-state index >= 15 is 0 Å². The van der Waals surface area contributed by atoms with Crippen LogP contribution in [0.5, 0.6) is 0 Å². The first kappa shape index (κ1) is 29.7. The fourth-order valence-corrected chi connectivity index (χ4v) is 9.70. The number of likely N-dealkylation sites (N-methyl/N-ethyl adjacent to an activating group) is 1. The van der Waals surface area contributed by atoms with Crippen LogP contribution in [0, 0.1) is 24.7 Å². The van der Waals surface area contributed by atoms with E-state index in [0.717, 1.165) is 12.0 Å². The van der Waals surface area contributed by atoms with Gasteiger partial charge in [0, 0.05) is 24.9 Å². The fourth-order valence-electron chi connectivity index (χ4n) is 7.05. The molecular weight excluding hydrogens is 534 g/mol. The van der Waals surface area contributed by atoms with Crippen LogP contribution in [0.3, 0.4) is 0 Å². The number of hydrogen-bond acceptors (Lipinski definition) is 5. The maximum Gasteiger partial charge on any atom is 0.251 e. The van der Waals surface area contributed by atoms with Crippen LogP contribution in [0.15, 0.2) is 43.5 Å². The minimum Gasteiger partial charge on any atom is -0.394 e. The molecule has 3 amide bonds. The third-order valence-electron chi connectivity index (χ3n) is 8.84. The highest BCUT2D eigenvalue weighted by Crippen LogP contribution is 2.72. The van der Waals surface area contributed by atoms with Gasteiger partial charge >= 0.3 is 0 Å². The van der Waals surface area contributed by atoms with Crippen LogP contribution in [0.25, 0.3) is 0 Å². The van der Waals surface area contributed by atoms with E-state index in [0.29, 0.717) is 23.7 Å². The highest BCUT2D eigenvalue weighted by Gasteiger charge is 2.78. The molecule has 6 atom stereocenters. The van der Waals surface area contributed by atoms with Gasteiger partial charge in [-0.2, -0.15) is 0 Å². The van der Waals surface area contributed by atoms with Gasteiger partial charge in [-0.15, -0.1) is 24.9 Å². The van der Waals surface area contributed by atoms with Gasteiger partial charge in [-0.05, 0) is 44.2 Å². The lowest BCUT2D eigenvalue weighted by Crippen LogP contribution is -2.58. The summed E-state index contributed by atoms with van der Waals surface area (Å²) in [5, 5.41) is 10.9. The smallest absolute Gasteiger partial charge is 0.251 e. The van der Waals surface area contributed by atoms with Gasteiger partial charge in [-0.1, -0.05) is 49.7 Å². The van der Waals surface area contributed by atoms with Gasteiger partial charge in [0.1, 0.15) is 6.04 Å². The van der Waals surface area contributed by atoms with Crippen molar-refractivity contribution in [2.75, 3.05) is 31.6 Å². The van der Waals surface area contributed by atoms with Gasteiger partial charge in [0.2, 0.25) is 11.8 Å². The first-order chi connectivity index (χ1) is 18.4. The number of carbonyl (C=O) groups is 3. The maximum atomic E-state index is 14.8. The van der Waals surface area contributed by atoms with E-state index in [1.165, 1.54) is 0 Å². The topological polar surface area (TPSA) is 81.2 Å². The minimum absolute atomic E-state index is 0.102. The largest absolute Gasteiger partial charge is 0.394 e. The van der Waals surface area contributed by atoms with Crippen molar-refractivity contribution in [1.29, 1.82) is 0 Å². The van der Waals surface area contributed by atoms with Crippen molar-refractivity contribution < 1.29 is 19.5 Å². The van der Waals surface area contributed by atoms with Crippen molar-refractivity contribution in [3.63, 3.8) is 0 Å². The molecule has 3 aliphatic heterocycles. The number of para-hydroxylation sites is 1. The molecule has 212 valence electrons. The second kappa shape index (κ2) is 10.9. The third kappa shape index (κ3) is 4.52. The van der Waals surface area contributed by atoms with E-state index < -0.39 is 33.4 Å². The van der Waals surface area contributed by atoms with Crippen LogP contribution in [0.4, 0.5) is 5.69 Å². The molecule has 0 aromatic heterocycles. The lowest BCUT2D eigenvalue weighted by atomic mass is 9.66. The number of likely N-dealkylation sites (tertiary alicyclic amines) is 1. The van der Waals surface area contributed by atoms with E-state index in [1.807, 2.05) is 32.9 Å². The molecule has 39 heavy (non-hydrogen) atoms. The number of anilines is 1. The van der Waals surface area contributed by atoms with Gasteiger partial charge in [-0.3, -0.25) is 14.4 Å². The summed E-state index contributed by atoms with van der Waals surface area (Å²) in [4.78, 5) is 48.0. The molecule has 2 unspecified atom stereocenters. The number of thioether (sulfide) groups is 1. The number of benzene rings is 1. The Bertz CT molecular complexity index is 1170. The maximum absolute atomic E-state index is 14.8. The van der Waals surface area contributed by atoms with Gasteiger partial charge in [-0.25, -0.2) is 0 Å². The van der Waals surface area contributed by atoms with E-state index in [2.05, 4.69) is 20.1 Å². The Hall–Kier alpha value is -2.29. The number of aliphatic hydroxyl groups is 1. The van der Waals surface area contributed by atoms with E-state index in [1.54, 1.807) is 51.7 Å². The Labute approximate surface area is 241 Å². The summed E-state index contributed by atoms with van der Waals surface area (Å²) < 4.78 is -1.28. The number of hydrogen-bond donors (Lipinski definition) is 1.